The van der Waals surface area contributed by atoms with E-state index in [-0.39, 0.29) is 17.2 Å². The molecule has 3 N–H and O–H groups in total. The van der Waals surface area contributed by atoms with Crippen molar-refractivity contribution in [2.24, 2.45) is 0 Å². The number of allylic oxidation sites excluding steroid dienone is 2. The summed E-state index contributed by atoms with van der Waals surface area (Å²) in [5.74, 6) is 0.391. The first-order valence-electron chi connectivity index (χ1n) is 7.11. The number of rotatable bonds is 4. The molecule has 2 rings (SSSR count). The number of aromatic hydroxyl groups is 3. The summed E-state index contributed by atoms with van der Waals surface area (Å²) in [5, 5.41) is 29.4. The van der Waals surface area contributed by atoms with Crippen LogP contribution >= 0.6 is 0 Å². The molecule has 0 aliphatic rings. The molecule has 0 bridgehead atoms. The molecule has 0 heterocycles. The number of hydrogen-bond acceptors (Lipinski definition) is 3. The first-order valence-corrected chi connectivity index (χ1v) is 7.11. The standard InChI is InChI=1S/C19H20O3/c1-13(2)3-10-17-18(21)11-15(12-19(17)22)5-4-14-6-8-16(20)9-7-14/h3-9,11-12,20-22H,10H2,1-2H3/b5-4+. The Labute approximate surface area is 130 Å². The molecular formula is C19H20O3. The second-order valence-corrected chi connectivity index (χ2v) is 5.45. The lowest BCUT2D eigenvalue weighted by Crippen LogP contribution is -1.87. The highest BCUT2D eigenvalue weighted by molar-refractivity contribution is 5.71. The topological polar surface area (TPSA) is 60.7 Å². The lowest BCUT2D eigenvalue weighted by atomic mass is 10.0. The van der Waals surface area contributed by atoms with Crippen LogP contribution in [0.2, 0.25) is 0 Å². The van der Waals surface area contributed by atoms with Gasteiger partial charge >= 0.3 is 0 Å². The maximum absolute atomic E-state index is 10.1. The zero-order chi connectivity index (χ0) is 16.1. The maximum Gasteiger partial charge on any atom is 0.123 e. The van der Waals surface area contributed by atoms with E-state index in [1.54, 1.807) is 42.5 Å². The quantitative estimate of drug-likeness (QED) is 0.575. The third kappa shape index (κ3) is 4.16. The summed E-state index contributed by atoms with van der Waals surface area (Å²) in [5.41, 5.74) is 3.30. The summed E-state index contributed by atoms with van der Waals surface area (Å²) in [4.78, 5) is 0. The molecule has 2 aromatic carbocycles. The highest BCUT2D eigenvalue weighted by atomic mass is 16.3. The molecule has 3 nitrogen and oxygen atoms in total. The highest BCUT2D eigenvalue weighted by Gasteiger charge is 2.07. The van der Waals surface area contributed by atoms with Crippen molar-refractivity contribution < 1.29 is 15.3 Å². The smallest absolute Gasteiger partial charge is 0.123 e. The van der Waals surface area contributed by atoms with Crippen molar-refractivity contribution in [3.63, 3.8) is 0 Å². The predicted molar refractivity (Wildman–Crippen MR) is 89.9 cm³/mol. The molecule has 0 atom stereocenters. The molecule has 0 unspecified atom stereocenters. The van der Waals surface area contributed by atoms with Crippen LogP contribution in [0.3, 0.4) is 0 Å². The number of phenols is 3. The van der Waals surface area contributed by atoms with Crippen LogP contribution in [-0.4, -0.2) is 15.3 Å². The largest absolute Gasteiger partial charge is 0.508 e. The predicted octanol–water partition coefficient (Wildman–Crippen LogP) is 4.48. The van der Waals surface area contributed by atoms with E-state index in [1.807, 2.05) is 26.0 Å². The Morgan fingerprint density at radius 3 is 1.95 bits per heavy atom. The molecule has 0 amide bonds. The van der Waals surface area contributed by atoms with Gasteiger partial charge in [-0.2, -0.15) is 0 Å². The molecule has 0 fully saturated rings. The maximum atomic E-state index is 10.1. The van der Waals surface area contributed by atoms with E-state index in [0.29, 0.717) is 17.5 Å². The number of hydrogen-bond donors (Lipinski definition) is 3. The van der Waals surface area contributed by atoms with Gasteiger partial charge in [-0.15, -0.1) is 0 Å². The van der Waals surface area contributed by atoms with Crippen LogP contribution < -0.4 is 0 Å². The SMILES string of the molecule is CC(C)=CCc1c(O)cc(/C=C/c2ccc(O)cc2)cc1O. The minimum Gasteiger partial charge on any atom is -0.508 e. The third-order valence-corrected chi connectivity index (χ3v) is 3.30. The second kappa shape index (κ2) is 6.85. The molecular weight excluding hydrogens is 276 g/mol. The van der Waals surface area contributed by atoms with Gasteiger partial charge in [-0.3, -0.25) is 0 Å². The van der Waals surface area contributed by atoms with Gasteiger partial charge in [-0.1, -0.05) is 35.9 Å². The fourth-order valence-corrected chi connectivity index (χ4v) is 2.05. The van der Waals surface area contributed by atoms with E-state index in [4.69, 9.17) is 0 Å². The second-order valence-electron chi connectivity index (χ2n) is 5.45. The summed E-state index contributed by atoms with van der Waals surface area (Å²) < 4.78 is 0. The number of benzene rings is 2. The Balaban J connectivity index is 2.22. The van der Waals surface area contributed by atoms with E-state index < -0.39 is 0 Å². The van der Waals surface area contributed by atoms with Crippen molar-refractivity contribution >= 4 is 12.2 Å². The Hall–Kier alpha value is -2.68. The molecule has 3 heteroatoms. The van der Waals surface area contributed by atoms with Crippen LogP contribution in [0.5, 0.6) is 17.2 Å². The van der Waals surface area contributed by atoms with Gasteiger partial charge in [-0.25, -0.2) is 0 Å². The van der Waals surface area contributed by atoms with Gasteiger partial charge in [0.15, 0.2) is 0 Å². The monoisotopic (exact) mass is 296 g/mol. The van der Waals surface area contributed by atoms with Crippen molar-refractivity contribution in [3.8, 4) is 17.2 Å². The Morgan fingerprint density at radius 1 is 0.864 bits per heavy atom. The fourth-order valence-electron chi connectivity index (χ4n) is 2.05. The third-order valence-electron chi connectivity index (χ3n) is 3.30. The lowest BCUT2D eigenvalue weighted by molar-refractivity contribution is 0.440. The van der Waals surface area contributed by atoms with E-state index in [9.17, 15) is 15.3 Å². The molecule has 0 aliphatic heterocycles. The molecule has 0 aliphatic carbocycles. The van der Waals surface area contributed by atoms with Gasteiger partial charge in [0, 0.05) is 5.56 Å². The zero-order valence-corrected chi connectivity index (χ0v) is 12.7. The van der Waals surface area contributed by atoms with Gasteiger partial charge < -0.3 is 15.3 Å². The summed E-state index contributed by atoms with van der Waals surface area (Å²) in [6.45, 7) is 3.95. The highest BCUT2D eigenvalue weighted by Crippen LogP contribution is 2.30. The van der Waals surface area contributed by atoms with E-state index in [1.165, 1.54) is 0 Å². The average molecular weight is 296 g/mol. The summed E-state index contributed by atoms with van der Waals surface area (Å²) >= 11 is 0. The Bertz CT molecular complexity index is 683. The molecule has 0 radical (unpaired) electrons. The van der Waals surface area contributed by atoms with E-state index >= 15 is 0 Å². The summed E-state index contributed by atoms with van der Waals surface area (Å²) in [7, 11) is 0. The van der Waals surface area contributed by atoms with Crippen LogP contribution in [0, 0.1) is 0 Å². The zero-order valence-electron chi connectivity index (χ0n) is 12.7. The number of phenolic OH excluding ortho intramolecular Hbond substituents is 3. The molecule has 22 heavy (non-hydrogen) atoms. The van der Waals surface area contributed by atoms with Gasteiger partial charge in [0.1, 0.15) is 17.2 Å². The molecule has 0 saturated heterocycles. The first kappa shape index (κ1) is 15.7. The van der Waals surface area contributed by atoms with Crippen molar-refractivity contribution in [2.75, 3.05) is 0 Å². The normalized spacial score (nSPS) is 10.8. The fraction of sp³-hybridized carbons (Fsp3) is 0.158. The van der Waals surface area contributed by atoms with Gasteiger partial charge in [0.2, 0.25) is 0 Å². The molecule has 114 valence electrons. The average Bonchev–Trinajstić information content (AvgIpc) is 2.45. The van der Waals surface area contributed by atoms with Gasteiger partial charge in [-0.05, 0) is 55.7 Å². The van der Waals surface area contributed by atoms with Crippen LogP contribution in [0.25, 0.3) is 12.2 Å². The first-order chi connectivity index (χ1) is 10.5. The summed E-state index contributed by atoms with van der Waals surface area (Å²) in [6, 6.07) is 10.0. The minimum absolute atomic E-state index is 0.0860. The van der Waals surface area contributed by atoms with E-state index in [2.05, 4.69) is 0 Å². The lowest BCUT2D eigenvalue weighted by Gasteiger charge is -2.07. The minimum atomic E-state index is 0.0860. The van der Waals surface area contributed by atoms with Gasteiger partial charge in [0.25, 0.3) is 0 Å². The van der Waals surface area contributed by atoms with Crippen LogP contribution in [-0.2, 0) is 6.42 Å². The summed E-state index contributed by atoms with van der Waals surface area (Å²) in [6.07, 6.45) is 6.11. The van der Waals surface area contributed by atoms with Crippen molar-refractivity contribution in [1.29, 1.82) is 0 Å². The molecule has 2 aromatic rings. The van der Waals surface area contributed by atoms with Gasteiger partial charge in [0.05, 0.1) is 0 Å². The molecule has 0 spiro atoms. The Morgan fingerprint density at radius 2 is 1.41 bits per heavy atom. The van der Waals surface area contributed by atoms with Crippen LogP contribution in [0.1, 0.15) is 30.5 Å². The molecule has 0 saturated carbocycles. The van der Waals surface area contributed by atoms with Crippen molar-refractivity contribution in [3.05, 3.63) is 64.7 Å². The Kier molecular flexibility index (Phi) is 4.89. The van der Waals surface area contributed by atoms with E-state index in [0.717, 1.165) is 11.1 Å². The van der Waals surface area contributed by atoms with Crippen molar-refractivity contribution in [1.82, 2.24) is 0 Å². The van der Waals surface area contributed by atoms with Crippen molar-refractivity contribution in [2.45, 2.75) is 20.3 Å². The van der Waals surface area contributed by atoms with Crippen LogP contribution in [0.15, 0.2) is 48.0 Å². The van der Waals surface area contributed by atoms with Crippen LogP contribution in [0.4, 0.5) is 0 Å². The molecule has 0 aromatic heterocycles.